The lowest BCUT2D eigenvalue weighted by atomic mass is 9.96. The number of halogens is 3. The Morgan fingerprint density at radius 1 is 1.00 bits per heavy atom. The summed E-state index contributed by atoms with van der Waals surface area (Å²) < 4.78 is 45.8. The molecular formula is C25H31F3N4O3. The quantitative estimate of drug-likeness (QED) is 0.616. The Hall–Kier alpha value is -3.04. The highest BCUT2D eigenvalue weighted by Gasteiger charge is 2.36. The number of carbonyl (C=O) groups is 2. The summed E-state index contributed by atoms with van der Waals surface area (Å²) in [4.78, 5) is 34.7. The monoisotopic (exact) mass is 492 g/mol. The van der Waals surface area contributed by atoms with E-state index < -0.39 is 23.6 Å². The Labute approximate surface area is 202 Å². The van der Waals surface area contributed by atoms with Gasteiger partial charge in [0.25, 0.3) is 0 Å². The first kappa shape index (κ1) is 25.1. The van der Waals surface area contributed by atoms with Crippen molar-refractivity contribution in [1.82, 2.24) is 14.8 Å². The summed E-state index contributed by atoms with van der Waals surface area (Å²) in [6.07, 6.45) is -3.54. The number of carbonyl (C=O) groups excluding carboxylic acids is 2. The fourth-order valence-corrected chi connectivity index (χ4v) is 4.66. The molecule has 2 aliphatic rings. The van der Waals surface area contributed by atoms with E-state index in [1.54, 1.807) is 54.8 Å². The van der Waals surface area contributed by atoms with Gasteiger partial charge in [0.05, 0.1) is 11.4 Å². The summed E-state index contributed by atoms with van der Waals surface area (Å²) in [5.74, 6) is -0.324. The van der Waals surface area contributed by atoms with Crippen molar-refractivity contribution in [3.05, 3.63) is 36.0 Å². The van der Waals surface area contributed by atoms with Crippen LogP contribution in [0.1, 0.15) is 39.3 Å². The second-order valence-electron chi connectivity index (χ2n) is 10.1. The van der Waals surface area contributed by atoms with Gasteiger partial charge in [0, 0.05) is 50.3 Å². The lowest BCUT2D eigenvalue weighted by Crippen LogP contribution is -2.53. The molecule has 2 amide bonds. The number of rotatable bonds is 2. The molecule has 0 aliphatic carbocycles. The first-order valence-electron chi connectivity index (χ1n) is 11.9. The van der Waals surface area contributed by atoms with Crippen molar-refractivity contribution in [3.63, 3.8) is 0 Å². The summed E-state index contributed by atoms with van der Waals surface area (Å²) >= 11 is 0. The molecule has 0 saturated carbocycles. The zero-order chi connectivity index (χ0) is 25.4. The molecule has 10 heteroatoms. The third-order valence-corrected chi connectivity index (χ3v) is 6.34. The number of nitrogens with zero attached hydrogens (tertiary/aromatic N) is 4. The van der Waals surface area contributed by atoms with Crippen molar-refractivity contribution >= 4 is 28.6 Å². The van der Waals surface area contributed by atoms with Crippen LogP contribution in [0.2, 0.25) is 0 Å². The standard InChI is InChI=1S/C25H31F3N4O3/c1-24(2,3)35-23(34)32-10-6-7-17(16-32)22(33)31-13-11-30(12-14-31)20-15-21(25(26,27)28)29-19-9-5-4-8-18(19)20/h4-5,8-9,15,17H,6-7,10-14,16H2,1-3H3. The van der Waals surface area contributed by atoms with Gasteiger partial charge in [0.1, 0.15) is 11.3 Å². The highest BCUT2D eigenvalue weighted by atomic mass is 19.4. The fourth-order valence-electron chi connectivity index (χ4n) is 4.66. The third kappa shape index (κ3) is 5.79. The van der Waals surface area contributed by atoms with Crippen LogP contribution in [-0.4, -0.2) is 71.7 Å². The van der Waals surface area contributed by atoms with E-state index in [0.29, 0.717) is 62.3 Å². The first-order chi connectivity index (χ1) is 16.4. The van der Waals surface area contributed by atoms with E-state index in [9.17, 15) is 22.8 Å². The average molecular weight is 493 g/mol. The van der Waals surface area contributed by atoms with Crippen molar-refractivity contribution in [1.29, 1.82) is 0 Å². The predicted molar refractivity (Wildman–Crippen MR) is 126 cm³/mol. The normalized spacial score (nSPS) is 19.7. The molecule has 2 aromatic rings. The molecule has 35 heavy (non-hydrogen) atoms. The number of ether oxygens (including phenoxy) is 1. The van der Waals surface area contributed by atoms with Gasteiger partial charge in [-0.05, 0) is 45.7 Å². The number of pyridine rings is 1. The predicted octanol–water partition coefficient (Wildman–Crippen LogP) is 4.55. The van der Waals surface area contributed by atoms with E-state index in [0.717, 1.165) is 12.5 Å². The average Bonchev–Trinajstić information content (AvgIpc) is 2.81. The van der Waals surface area contributed by atoms with Gasteiger partial charge in [-0.2, -0.15) is 13.2 Å². The van der Waals surface area contributed by atoms with Crippen LogP contribution in [0.25, 0.3) is 10.9 Å². The molecule has 1 unspecified atom stereocenters. The van der Waals surface area contributed by atoms with Crippen molar-refractivity contribution in [2.45, 2.75) is 45.4 Å². The van der Waals surface area contributed by atoms with E-state index in [1.165, 1.54) is 0 Å². The van der Waals surface area contributed by atoms with Gasteiger partial charge in [0.15, 0.2) is 0 Å². The molecule has 7 nitrogen and oxygen atoms in total. The summed E-state index contributed by atoms with van der Waals surface area (Å²) in [5, 5.41) is 0.653. The van der Waals surface area contributed by atoms with E-state index in [4.69, 9.17) is 4.74 Å². The van der Waals surface area contributed by atoms with E-state index in [-0.39, 0.29) is 11.8 Å². The van der Waals surface area contributed by atoms with Gasteiger partial charge < -0.3 is 19.4 Å². The van der Waals surface area contributed by atoms with Crippen molar-refractivity contribution in [2.75, 3.05) is 44.2 Å². The van der Waals surface area contributed by atoms with E-state index in [2.05, 4.69) is 4.98 Å². The number of fused-ring (bicyclic) bond motifs is 1. The van der Waals surface area contributed by atoms with Crippen molar-refractivity contribution < 1.29 is 27.5 Å². The molecule has 0 spiro atoms. The molecule has 1 aromatic heterocycles. The number of piperazine rings is 1. The molecular weight excluding hydrogens is 461 g/mol. The minimum absolute atomic E-state index is 0.0199. The third-order valence-electron chi connectivity index (χ3n) is 6.34. The zero-order valence-corrected chi connectivity index (χ0v) is 20.3. The molecule has 2 saturated heterocycles. The Kier molecular flexibility index (Phi) is 6.83. The number of amides is 2. The maximum Gasteiger partial charge on any atom is 0.433 e. The number of likely N-dealkylation sites (tertiary alicyclic amines) is 1. The highest BCUT2D eigenvalue weighted by Crippen LogP contribution is 2.35. The molecule has 1 atom stereocenters. The van der Waals surface area contributed by atoms with E-state index >= 15 is 0 Å². The molecule has 3 heterocycles. The second-order valence-corrected chi connectivity index (χ2v) is 10.1. The Bertz CT molecular complexity index is 1090. The number of hydrogen-bond acceptors (Lipinski definition) is 5. The number of aromatic nitrogens is 1. The maximum absolute atomic E-state index is 13.4. The summed E-state index contributed by atoms with van der Waals surface area (Å²) in [6, 6.07) is 7.89. The minimum Gasteiger partial charge on any atom is -0.444 e. The zero-order valence-electron chi connectivity index (χ0n) is 20.3. The molecule has 0 radical (unpaired) electrons. The Morgan fingerprint density at radius 3 is 2.34 bits per heavy atom. The van der Waals surface area contributed by atoms with Gasteiger partial charge in [-0.25, -0.2) is 9.78 Å². The number of alkyl halides is 3. The lowest BCUT2D eigenvalue weighted by molar-refractivity contribution is -0.141. The van der Waals surface area contributed by atoms with Gasteiger partial charge in [-0.15, -0.1) is 0 Å². The lowest BCUT2D eigenvalue weighted by Gasteiger charge is -2.40. The molecule has 0 bridgehead atoms. The number of hydrogen-bond donors (Lipinski definition) is 0. The largest absolute Gasteiger partial charge is 0.444 e. The summed E-state index contributed by atoms with van der Waals surface area (Å²) in [7, 11) is 0. The van der Waals surface area contributed by atoms with Crippen LogP contribution in [-0.2, 0) is 15.7 Å². The first-order valence-corrected chi connectivity index (χ1v) is 11.9. The van der Waals surface area contributed by atoms with Crippen LogP contribution in [0.15, 0.2) is 30.3 Å². The number of anilines is 1. The van der Waals surface area contributed by atoms with Crippen molar-refractivity contribution in [2.24, 2.45) is 5.92 Å². The van der Waals surface area contributed by atoms with Crippen LogP contribution in [0.3, 0.4) is 0 Å². The van der Waals surface area contributed by atoms with Crippen molar-refractivity contribution in [3.8, 4) is 0 Å². The highest BCUT2D eigenvalue weighted by molar-refractivity contribution is 5.92. The van der Waals surface area contributed by atoms with Crippen LogP contribution in [0.4, 0.5) is 23.7 Å². The molecule has 2 aliphatic heterocycles. The summed E-state index contributed by atoms with van der Waals surface area (Å²) in [5.41, 5.74) is -0.758. The van der Waals surface area contributed by atoms with Gasteiger partial charge in [-0.1, -0.05) is 18.2 Å². The van der Waals surface area contributed by atoms with Crippen LogP contribution >= 0.6 is 0 Å². The second kappa shape index (κ2) is 9.54. The SMILES string of the molecule is CC(C)(C)OC(=O)N1CCCC(C(=O)N2CCN(c3cc(C(F)(F)F)nc4ccccc34)CC2)C1. The maximum atomic E-state index is 13.4. The fraction of sp³-hybridized carbons (Fsp3) is 0.560. The Balaban J connectivity index is 1.43. The number of piperidine rings is 1. The van der Waals surface area contributed by atoms with Gasteiger partial charge >= 0.3 is 12.3 Å². The van der Waals surface area contributed by atoms with Crippen LogP contribution in [0, 0.1) is 5.92 Å². The Morgan fingerprint density at radius 2 is 1.69 bits per heavy atom. The number of benzene rings is 1. The smallest absolute Gasteiger partial charge is 0.433 e. The van der Waals surface area contributed by atoms with Crippen LogP contribution < -0.4 is 4.90 Å². The van der Waals surface area contributed by atoms with Gasteiger partial charge in [-0.3, -0.25) is 4.79 Å². The molecule has 2 fully saturated rings. The van der Waals surface area contributed by atoms with E-state index in [1.807, 2.05) is 4.90 Å². The molecule has 190 valence electrons. The number of para-hydroxylation sites is 1. The van der Waals surface area contributed by atoms with Crippen LogP contribution in [0.5, 0.6) is 0 Å². The van der Waals surface area contributed by atoms with Gasteiger partial charge in [0.2, 0.25) is 5.91 Å². The minimum atomic E-state index is -4.54. The topological polar surface area (TPSA) is 66.0 Å². The molecule has 1 aromatic carbocycles. The summed E-state index contributed by atoms with van der Waals surface area (Å²) in [6.45, 7) is 7.93. The molecule has 0 N–H and O–H groups in total. The molecule has 4 rings (SSSR count).